The number of amides is 2. The van der Waals surface area contributed by atoms with Gasteiger partial charge in [0.1, 0.15) is 6.54 Å². The summed E-state index contributed by atoms with van der Waals surface area (Å²) in [4.78, 5) is 25.8. The molecule has 0 aromatic carbocycles. The van der Waals surface area contributed by atoms with Gasteiger partial charge in [-0.25, -0.2) is 4.79 Å². The molecule has 0 radical (unpaired) electrons. The van der Waals surface area contributed by atoms with E-state index in [9.17, 15) is 9.59 Å². The molecular weight excluding hydrogens is 356 g/mol. The highest BCUT2D eigenvalue weighted by molar-refractivity contribution is 9.11. The zero-order chi connectivity index (χ0) is 15.2. The van der Waals surface area contributed by atoms with E-state index in [0.29, 0.717) is 6.54 Å². The topological polar surface area (TPSA) is 69.6 Å². The van der Waals surface area contributed by atoms with Gasteiger partial charge >= 0.3 is 12.0 Å². The molecule has 0 unspecified atom stereocenters. The molecule has 2 amide bonds. The number of carbonyl (C=O) groups is 2. The molecule has 2 N–H and O–H groups in total. The number of hydrogen-bond acceptors (Lipinski definition) is 3. The van der Waals surface area contributed by atoms with E-state index in [-0.39, 0.29) is 18.6 Å². The van der Waals surface area contributed by atoms with E-state index in [1.165, 1.54) is 9.78 Å². The van der Waals surface area contributed by atoms with Gasteiger partial charge in [-0.05, 0) is 47.3 Å². The van der Waals surface area contributed by atoms with E-state index in [4.69, 9.17) is 5.11 Å². The Morgan fingerprint density at radius 1 is 1.38 bits per heavy atom. The predicted molar refractivity (Wildman–Crippen MR) is 85.7 cm³/mol. The summed E-state index contributed by atoms with van der Waals surface area (Å²) < 4.78 is 1.07. The van der Waals surface area contributed by atoms with E-state index in [1.807, 2.05) is 12.1 Å². The Hall–Kier alpha value is -1.08. The highest BCUT2D eigenvalue weighted by Crippen LogP contribution is 2.24. The summed E-state index contributed by atoms with van der Waals surface area (Å²) in [5.41, 5.74) is 0. The Morgan fingerprint density at radius 3 is 2.67 bits per heavy atom. The molecule has 21 heavy (non-hydrogen) atoms. The number of carbonyl (C=O) groups excluding carboxylic acids is 1. The van der Waals surface area contributed by atoms with Crippen LogP contribution < -0.4 is 5.32 Å². The number of rotatable bonds is 6. The maximum absolute atomic E-state index is 12.2. The molecule has 2 rings (SSSR count). The van der Waals surface area contributed by atoms with Crippen LogP contribution in [0.1, 0.15) is 30.6 Å². The number of aliphatic carboxylic acids is 1. The lowest BCUT2D eigenvalue weighted by Crippen LogP contribution is -2.48. The normalized spacial score (nSPS) is 15.1. The van der Waals surface area contributed by atoms with Crippen molar-refractivity contribution >= 4 is 39.3 Å². The smallest absolute Gasteiger partial charge is 0.323 e. The molecular formula is C14H19BrN2O3S. The van der Waals surface area contributed by atoms with Crippen LogP contribution in [-0.2, 0) is 11.2 Å². The SMILES string of the molecule is O=C(O)CN(C(=O)NCCc1ccc(Br)s1)C1CCCC1. The van der Waals surface area contributed by atoms with Crippen LogP contribution in [0.15, 0.2) is 15.9 Å². The lowest BCUT2D eigenvalue weighted by molar-refractivity contribution is -0.138. The van der Waals surface area contributed by atoms with Crippen LogP contribution in [0, 0.1) is 0 Å². The number of thiophene rings is 1. The van der Waals surface area contributed by atoms with Crippen LogP contribution in [0.25, 0.3) is 0 Å². The van der Waals surface area contributed by atoms with Crippen LogP contribution in [-0.4, -0.2) is 41.1 Å². The minimum Gasteiger partial charge on any atom is -0.480 e. The first kappa shape index (κ1) is 16.3. The first-order valence-electron chi connectivity index (χ1n) is 7.06. The van der Waals surface area contributed by atoms with Gasteiger partial charge in [-0.3, -0.25) is 4.79 Å². The number of carboxylic acid groups (broad SMARTS) is 1. The first-order chi connectivity index (χ1) is 10.1. The highest BCUT2D eigenvalue weighted by Gasteiger charge is 2.28. The van der Waals surface area contributed by atoms with Gasteiger partial charge in [-0.2, -0.15) is 0 Å². The Morgan fingerprint density at radius 2 is 2.10 bits per heavy atom. The van der Waals surface area contributed by atoms with Gasteiger partial charge in [0.05, 0.1) is 3.79 Å². The number of halogens is 1. The Bertz CT molecular complexity index is 500. The van der Waals surface area contributed by atoms with E-state index >= 15 is 0 Å². The second kappa shape index (κ2) is 7.79. The molecule has 0 bridgehead atoms. The van der Waals surface area contributed by atoms with Gasteiger partial charge < -0.3 is 15.3 Å². The van der Waals surface area contributed by atoms with Gasteiger partial charge in [0.2, 0.25) is 0 Å². The average molecular weight is 375 g/mol. The summed E-state index contributed by atoms with van der Waals surface area (Å²) in [7, 11) is 0. The third kappa shape index (κ3) is 5.00. The molecule has 5 nitrogen and oxygen atoms in total. The monoisotopic (exact) mass is 374 g/mol. The number of hydrogen-bond donors (Lipinski definition) is 2. The molecule has 0 atom stereocenters. The van der Waals surface area contributed by atoms with Gasteiger partial charge in [-0.1, -0.05) is 12.8 Å². The molecule has 7 heteroatoms. The van der Waals surface area contributed by atoms with Crippen molar-refractivity contribution < 1.29 is 14.7 Å². The average Bonchev–Trinajstić information content (AvgIpc) is 3.07. The summed E-state index contributed by atoms with van der Waals surface area (Å²) in [6.07, 6.45) is 4.69. The zero-order valence-corrected chi connectivity index (χ0v) is 14.1. The summed E-state index contributed by atoms with van der Waals surface area (Å²) in [6.45, 7) is 0.301. The molecule has 1 aromatic heterocycles. The minimum absolute atomic E-state index is 0.0667. The van der Waals surface area contributed by atoms with Crippen molar-refractivity contribution in [1.82, 2.24) is 10.2 Å². The maximum Gasteiger partial charge on any atom is 0.323 e. The molecule has 1 fully saturated rings. The van der Waals surface area contributed by atoms with E-state index in [1.54, 1.807) is 11.3 Å². The van der Waals surface area contributed by atoms with Crippen molar-refractivity contribution in [2.75, 3.05) is 13.1 Å². The Labute approximate surface area is 136 Å². The molecule has 0 saturated heterocycles. The van der Waals surface area contributed by atoms with Gasteiger partial charge in [-0.15, -0.1) is 11.3 Å². The first-order valence-corrected chi connectivity index (χ1v) is 8.67. The molecule has 1 aliphatic carbocycles. The van der Waals surface area contributed by atoms with Gasteiger partial charge in [0.25, 0.3) is 0 Å². The van der Waals surface area contributed by atoms with Crippen LogP contribution >= 0.6 is 27.3 Å². The number of nitrogens with zero attached hydrogens (tertiary/aromatic N) is 1. The molecule has 1 aliphatic rings. The fraction of sp³-hybridized carbons (Fsp3) is 0.571. The number of carboxylic acids is 1. The quantitative estimate of drug-likeness (QED) is 0.803. The van der Waals surface area contributed by atoms with Gasteiger partial charge in [0.15, 0.2) is 0 Å². The maximum atomic E-state index is 12.2. The number of urea groups is 1. The summed E-state index contributed by atoms with van der Waals surface area (Å²) in [5.74, 6) is -0.959. The molecule has 0 aliphatic heterocycles. The molecule has 1 saturated carbocycles. The number of nitrogens with one attached hydrogen (secondary N) is 1. The molecule has 1 aromatic rings. The third-order valence-corrected chi connectivity index (χ3v) is 5.29. The predicted octanol–water partition coefficient (Wildman–Crippen LogP) is 3.09. The van der Waals surface area contributed by atoms with Crippen molar-refractivity contribution in [2.24, 2.45) is 0 Å². The van der Waals surface area contributed by atoms with Crippen LogP contribution in [0.2, 0.25) is 0 Å². The van der Waals surface area contributed by atoms with Crippen LogP contribution in [0.4, 0.5) is 4.79 Å². The standard InChI is InChI=1S/C14H19BrN2O3S/c15-12-6-5-11(21-12)7-8-16-14(20)17(9-13(18)19)10-3-1-2-4-10/h5-6,10H,1-4,7-9H2,(H,16,20)(H,18,19). The Balaban J connectivity index is 1.84. The van der Waals surface area contributed by atoms with Crippen LogP contribution in [0.3, 0.4) is 0 Å². The second-order valence-corrected chi connectivity index (χ2v) is 7.70. The zero-order valence-electron chi connectivity index (χ0n) is 11.7. The lowest BCUT2D eigenvalue weighted by Gasteiger charge is -2.27. The summed E-state index contributed by atoms with van der Waals surface area (Å²) >= 11 is 5.05. The highest BCUT2D eigenvalue weighted by atomic mass is 79.9. The van der Waals surface area contributed by atoms with Crippen molar-refractivity contribution in [3.05, 3.63) is 20.8 Å². The van der Waals surface area contributed by atoms with Crippen molar-refractivity contribution in [2.45, 2.75) is 38.1 Å². The molecule has 0 spiro atoms. The van der Waals surface area contributed by atoms with Crippen molar-refractivity contribution in [3.63, 3.8) is 0 Å². The van der Waals surface area contributed by atoms with E-state index in [0.717, 1.165) is 35.9 Å². The summed E-state index contributed by atoms with van der Waals surface area (Å²) in [6, 6.07) is 3.81. The lowest BCUT2D eigenvalue weighted by atomic mass is 10.2. The molecule has 1 heterocycles. The van der Waals surface area contributed by atoms with Gasteiger partial charge in [0, 0.05) is 17.5 Å². The summed E-state index contributed by atoms with van der Waals surface area (Å²) in [5, 5.41) is 11.8. The fourth-order valence-corrected chi connectivity index (χ4v) is 4.09. The second-order valence-electron chi connectivity index (χ2n) is 5.15. The minimum atomic E-state index is -0.959. The Kier molecular flexibility index (Phi) is 6.05. The van der Waals surface area contributed by atoms with Crippen molar-refractivity contribution in [3.8, 4) is 0 Å². The van der Waals surface area contributed by atoms with Crippen molar-refractivity contribution in [1.29, 1.82) is 0 Å². The molecule has 116 valence electrons. The van der Waals surface area contributed by atoms with E-state index in [2.05, 4.69) is 21.2 Å². The van der Waals surface area contributed by atoms with E-state index < -0.39 is 5.97 Å². The largest absolute Gasteiger partial charge is 0.480 e. The fourth-order valence-electron chi connectivity index (χ4n) is 2.61. The third-order valence-electron chi connectivity index (χ3n) is 3.61. The van der Waals surface area contributed by atoms with Crippen LogP contribution in [0.5, 0.6) is 0 Å².